The Bertz CT molecular complexity index is 547. The third-order valence-electron chi connectivity index (χ3n) is 4.92. The van der Waals surface area contributed by atoms with Gasteiger partial charge in [-0.05, 0) is 25.0 Å². The minimum Gasteiger partial charge on any atom is -0.353 e. The minimum atomic E-state index is -0.437. The van der Waals surface area contributed by atoms with Crippen molar-refractivity contribution in [1.82, 2.24) is 15.2 Å². The van der Waals surface area contributed by atoms with E-state index in [0.717, 1.165) is 31.5 Å². The zero-order valence-corrected chi connectivity index (χ0v) is 14.1. The van der Waals surface area contributed by atoms with Crippen molar-refractivity contribution in [1.29, 1.82) is 0 Å². The fourth-order valence-electron chi connectivity index (χ4n) is 3.49. The smallest absolute Gasteiger partial charge is 0.312 e. The molecule has 0 bridgehead atoms. The van der Waals surface area contributed by atoms with Crippen LogP contribution in [0.25, 0.3) is 0 Å². The summed E-state index contributed by atoms with van der Waals surface area (Å²) < 4.78 is 0. The Morgan fingerprint density at radius 3 is 2.33 bits per heavy atom. The number of rotatable bonds is 2. The van der Waals surface area contributed by atoms with Crippen LogP contribution in [0.3, 0.4) is 0 Å². The fraction of sp³-hybridized carbons (Fsp3) is 0.611. The Kier molecular flexibility index (Phi) is 5.67. The van der Waals surface area contributed by atoms with E-state index >= 15 is 0 Å². The third-order valence-corrected chi connectivity index (χ3v) is 4.92. The van der Waals surface area contributed by atoms with Crippen LogP contribution in [0, 0.1) is 0 Å². The molecule has 3 rings (SSSR count). The normalized spacial score (nSPS) is 19.7. The number of anilines is 1. The number of nitrogens with one attached hydrogen (secondary N) is 1. The average Bonchev–Trinajstić information content (AvgIpc) is 2.90. The summed E-state index contributed by atoms with van der Waals surface area (Å²) in [6.07, 6.45) is 8.50. The van der Waals surface area contributed by atoms with Crippen LogP contribution < -0.4 is 10.2 Å². The van der Waals surface area contributed by atoms with Gasteiger partial charge in [-0.15, -0.1) is 0 Å². The highest BCUT2D eigenvalue weighted by atomic mass is 16.2. The van der Waals surface area contributed by atoms with Gasteiger partial charge in [0, 0.05) is 38.4 Å². The van der Waals surface area contributed by atoms with Crippen molar-refractivity contribution in [3.05, 3.63) is 24.4 Å². The summed E-state index contributed by atoms with van der Waals surface area (Å²) in [4.78, 5) is 32.8. The molecular weight excluding hydrogens is 304 g/mol. The van der Waals surface area contributed by atoms with E-state index in [1.807, 2.05) is 18.2 Å². The quantitative estimate of drug-likeness (QED) is 0.660. The molecule has 0 unspecified atom stereocenters. The molecule has 2 aliphatic rings. The molecule has 2 fully saturated rings. The first-order valence-corrected chi connectivity index (χ1v) is 9.00. The maximum absolute atomic E-state index is 12.4. The van der Waals surface area contributed by atoms with Crippen LogP contribution in [0.4, 0.5) is 5.82 Å². The van der Waals surface area contributed by atoms with Gasteiger partial charge in [0.1, 0.15) is 5.82 Å². The first-order valence-electron chi connectivity index (χ1n) is 9.00. The Morgan fingerprint density at radius 1 is 1.00 bits per heavy atom. The average molecular weight is 330 g/mol. The van der Waals surface area contributed by atoms with Gasteiger partial charge in [0.25, 0.3) is 0 Å². The molecule has 0 radical (unpaired) electrons. The van der Waals surface area contributed by atoms with Gasteiger partial charge in [0.2, 0.25) is 0 Å². The van der Waals surface area contributed by atoms with Crippen LogP contribution in [0.2, 0.25) is 0 Å². The van der Waals surface area contributed by atoms with Crippen molar-refractivity contribution in [2.45, 2.75) is 44.6 Å². The predicted octanol–water partition coefficient (Wildman–Crippen LogP) is 1.57. The van der Waals surface area contributed by atoms with E-state index in [9.17, 15) is 9.59 Å². The number of aromatic nitrogens is 1. The second kappa shape index (κ2) is 8.13. The van der Waals surface area contributed by atoms with E-state index in [-0.39, 0.29) is 11.9 Å². The van der Waals surface area contributed by atoms with Gasteiger partial charge in [-0.3, -0.25) is 9.59 Å². The molecule has 0 spiro atoms. The Balaban J connectivity index is 1.48. The van der Waals surface area contributed by atoms with Crippen molar-refractivity contribution in [2.75, 3.05) is 31.1 Å². The Morgan fingerprint density at radius 2 is 1.71 bits per heavy atom. The van der Waals surface area contributed by atoms with Crippen LogP contribution in [0.1, 0.15) is 38.5 Å². The standard InChI is InChI=1S/C18H26N4O2/c23-17(20-15-7-3-1-2-4-8-15)18(24)22-13-11-21(12-14-22)16-9-5-6-10-19-16/h5-6,9-10,15H,1-4,7-8,11-14H2,(H,20,23). The fourth-order valence-corrected chi connectivity index (χ4v) is 3.49. The summed E-state index contributed by atoms with van der Waals surface area (Å²) >= 11 is 0. The number of carbonyl (C=O) groups is 2. The first-order chi connectivity index (χ1) is 11.7. The number of carbonyl (C=O) groups excluding carboxylic acids is 2. The summed E-state index contributed by atoms with van der Waals surface area (Å²) in [5.41, 5.74) is 0. The van der Waals surface area contributed by atoms with E-state index in [0.29, 0.717) is 26.2 Å². The molecule has 1 aliphatic carbocycles. The molecular formula is C18H26N4O2. The molecule has 1 aromatic heterocycles. The van der Waals surface area contributed by atoms with Crippen molar-refractivity contribution in [3.63, 3.8) is 0 Å². The number of amides is 2. The van der Waals surface area contributed by atoms with Crippen LogP contribution in [0.15, 0.2) is 24.4 Å². The minimum absolute atomic E-state index is 0.166. The molecule has 6 nitrogen and oxygen atoms in total. The van der Waals surface area contributed by atoms with Crippen molar-refractivity contribution < 1.29 is 9.59 Å². The van der Waals surface area contributed by atoms with Crippen LogP contribution in [-0.2, 0) is 9.59 Å². The van der Waals surface area contributed by atoms with E-state index in [1.165, 1.54) is 12.8 Å². The van der Waals surface area contributed by atoms with Crippen molar-refractivity contribution in [2.24, 2.45) is 0 Å². The number of nitrogens with zero attached hydrogens (tertiary/aromatic N) is 3. The van der Waals surface area contributed by atoms with Crippen molar-refractivity contribution in [3.8, 4) is 0 Å². The molecule has 1 aliphatic heterocycles. The molecule has 1 saturated heterocycles. The molecule has 1 aromatic rings. The molecule has 6 heteroatoms. The SMILES string of the molecule is O=C(NC1CCCCCC1)C(=O)N1CCN(c2ccccn2)CC1. The van der Waals surface area contributed by atoms with Crippen LogP contribution in [0.5, 0.6) is 0 Å². The van der Waals surface area contributed by atoms with Crippen LogP contribution >= 0.6 is 0 Å². The lowest BCUT2D eigenvalue weighted by Crippen LogP contribution is -2.53. The molecule has 1 N–H and O–H groups in total. The lowest BCUT2D eigenvalue weighted by Gasteiger charge is -2.35. The summed E-state index contributed by atoms with van der Waals surface area (Å²) in [5, 5.41) is 2.94. The highest BCUT2D eigenvalue weighted by Crippen LogP contribution is 2.17. The van der Waals surface area contributed by atoms with Gasteiger partial charge < -0.3 is 15.1 Å². The zero-order valence-electron chi connectivity index (χ0n) is 14.1. The third kappa shape index (κ3) is 4.24. The first kappa shape index (κ1) is 16.7. The van der Waals surface area contributed by atoms with Crippen LogP contribution in [-0.4, -0.2) is 53.9 Å². The van der Waals surface area contributed by atoms with Gasteiger partial charge in [-0.25, -0.2) is 4.98 Å². The van der Waals surface area contributed by atoms with E-state index in [1.54, 1.807) is 11.1 Å². The molecule has 2 amide bonds. The summed E-state index contributed by atoms with van der Waals surface area (Å²) in [6.45, 7) is 2.54. The monoisotopic (exact) mass is 330 g/mol. The van der Waals surface area contributed by atoms with Gasteiger partial charge in [0.15, 0.2) is 0 Å². The van der Waals surface area contributed by atoms with Gasteiger partial charge in [0.05, 0.1) is 0 Å². The maximum atomic E-state index is 12.4. The largest absolute Gasteiger partial charge is 0.353 e. The summed E-state index contributed by atoms with van der Waals surface area (Å²) in [5.74, 6) is 0.0978. The van der Waals surface area contributed by atoms with Gasteiger partial charge in [-0.1, -0.05) is 31.7 Å². The molecule has 2 heterocycles. The lowest BCUT2D eigenvalue weighted by molar-refractivity contribution is -0.146. The highest BCUT2D eigenvalue weighted by molar-refractivity contribution is 6.35. The number of hydrogen-bond acceptors (Lipinski definition) is 4. The second-order valence-corrected chi connectivity index (χ2v) is 6.63. The van der Waals surface area contributed by atoms with Gasteiger partial charge in [-0.2, -0.15) is 0 Å². The van der Waals surface area contributed by atoms with E-state index < -0.39 is 5.91 Å². The lowest BCUT2D eigenvalue weighted by atomic mass is 10.1. The molecule has 1 saturated carbocycles. The molecule has 0 aromatic carbocycles. The summed E-state index contributed by atoms with van der Waals surface area (Å²) in [7, 11) is 0. The highest BCUT2D eigenvalue weighted by Gasteiger charge is 2.27. The van der Waals surface area contributed by atoms with Gasteiger partial charge >= 0.3 is 11.8 Å². The van der Waals surface area contributed by atoms with Crippen molar-refractivity contribution >= 4 is 17.6 Å². The number of piperazine rings is 1. The zero-order chi connectivity index (χ0) is 16.8. The molecule has 24 heavy (non-hydrogen) atoms. The number of pyridine rings is 1. The second-order valence-electron chi connectivity index (χ2n) is 6.63. The Hall–Kier alpha value is -2.11. The topological polar surface area (TPSA) is 65.5 Å². The number of hydrogen-bond donors (Lipinski definition) is 1. The molecule has 0 atom stereocenters. The Labute approximate surface area is 143 Å². The maximum Gasteiger partial charge on any atom is 0.312 e. The predicted molar refractivity (Wildman–Crippen MR) is 92.7 cm³/mol. The van der Waals surface area contributed by atoms with E-state index in [2.05, 4.69) is 15.2 Å². The van der Waals surface area contributed by atoms with E-state index in [4.69, 9.17) is 0 Å². The molecule has 130 valence electrons. The summed E-state index contributed by atoms with van der Waals surface area (Å²) in [6, 6.07) is 5.98.